The van der Waals surface area contributed by atoms with E-state index in [4.69, 9.17) is 4.52 Å². The summed E-state index contributed by atoms with van der Waals surface area (Å²) in [6.45, 7) is 7.53. The minimum absolute atomic E-state index is 0.427. The number of rotatable bonds is 5. The van der Waals surface area contributed by atoms with E-state index in [1.165, 1.54) is 0 Å². The fourth-order valence-electron chi connectivity index (χ4n) is 2.41. The molecule has 0 amide bonds. The summed E-state index contributed by atoms with van der Waals surface area (Å²) in [6.07, 6.45) is 6.84. The summed E-state index contributed by atoms with van der Waals surface area (Å²) in [7, 11) is 0. The van der Waals surface area contributed by atoms with Gasteiger partial charge in [0.2, 0.25) is 5.82 Å². The maximum Gasteiger partial charge on any atom is 0.258 e. The maximum atomic E-state index is 5.47. The Morgan fingerprint density at radius 3 is 2.84 bits per heavy atom. The number of benzene rings is 1. The van der Waals surface area contributed by atoms with Crippen molar-refractivity contribution >= 4 is 11.9 Å². The molecule has 25 heavy (non-hydrogen) atoms. The van der Waals surface area contributed by atoms with Gasteiger partial charge in [0, 0.05) is 23.5 Å². The predicted molar refractivity (Wildman–Crippen MR) is 100 cm³/mol. The first-order valence-corrected chi connectivity index (χ1v) is 7.91. The Labute approximate surface area is 146 Å². The molecule has 0 spiro atoms. The molecule has 0 fully saturated rings. The van der Waals surface area contributed by atoms with Gasteiger partial charge in [-0.25, -0.2) is 0 Å². The summed E-state index contributed by atoms with van der Waals surface area (Å²) in [5.41, 5.74) is 4.41. The molecule has 0 saturated heterocycles. The van der Waals surface area contributed by atoms with E-state index in [9.17, 15) is 0 Å². The van der Waals surface area contributed by atoms with Gasteiger partial charge in [0.1, 0.15) is 5.70 Å². The summed E-state index contributed by atoms with van der Waals surface area (Å²) in [4.78, 5) is 13.1. The van der Waals surface area contributed by atoms with Gasteiger partial charge in [0.25, 0.3) is 5.89 Å². The molecule has 0 saturated carbocycles. The molecule has 0 aliphatic heterocycles. The van der Waals surface area contributed by atoms with Gasteiger partial charge < -0.3 is 4.52 Å². The maximum absolute atomic E-state index is 5.47. The second-order valence-corrected chi connectivity index (χ2v) is 5.34. The Balaban J connectivity index is 2.03. The standard InChI is InChI=1S/C20H18N4O/c1-4-8-18(21-5-2)19-23-20(25-24-19)16-13-15(11-10-14(16)3)17-9-6-7-12-22-17/h4-13H,1H2,2-3H3/b18-8-,21-5?. The highest BCUT2D eigenvalue weighted by atomic mass is 16.5. The molecular weight excluding hydrogens is 312 g/mol. The van der Waals surface area contributed by atoms with Crippen molar-refractivity contribution in [3.63, 3.8) is 0 Å². The molecule has 2 heterocycles. The van der Waals surface area contributed by atoms with Crippen molar-refractivity contribution in [2.24, 2.45) is 4.99 Å². The predicted octanol–water partition coefficient (Wildman–Crippen LogP) is 4.72. The van der Waals surface area contributed by atoms with E-state index in [1.807, 2.05) is 50.2 Å². The highest BCUT2D eigenvalue weighted by Gasteiger charge is 2.14. The first-order chi connectivity index (χ1) is 12.2. The molecule has 5 nitrogen and oxygen atoms in total. The monoisotopic (exact) mass is 330 g/mol. The molecule has 0 radical (unpaired) electrons. The lowest BCUT2D eigenvalue weighted by Crippen LogP contribution is -1.89. The largest absolute Gasteiger partial charge is 0.334 e. The van der Waals surface area contributed by atoms with Gasteiger partial charge in [-0.3, -0.25) is 9.98 Å². The van der Waals surface area contributed by atoms with Crippen LogP contribution >= 0.6 is 0 Å². The van der Waals surface area contributed by atoms with Crippen LogP contribution in [0.1, 0.15) is 18.3 Å². The van der Waals surface area contributed by atoms with Crippen LogP contribution in [0.4, 0.5) is 0 Å². The van der Waals surface area contributed by atoms with E-state index in [2.05, 4.69) is 26.7 Å². The van der Waals surface area contributed by atoms with Gasteiger partial charge in [-0.15, -0.1) is 0 Å². The number of aryl methyl sites for hydroxylation is 1. The third kappa shape index (κ3) is 3.61. The smallest absolute Gasteiger partial charge is 0.258 e. The topological polar surface area (TPSA) is 64.2 Å². The average Bonchev–Trinajstić information content (AvgIpc) is 3.12. The van der Waals surface area contributed by atoms with Gasteiger partial charge in [0.15, 0.2) is 0 Å². The van der Waals surface area contributed by atoms with Gasteiger partial charge >= 0.3 is 0 Å². The Morgan fingerprint density at radius 1 is 1.24 bits per heavy atom. The summed E-state index contributed by atoms with van der Waals surface area (Å²) < 4.78 is 5.47. The van der Waals surface area contributed by atoms with E-state index in [1.54, 1.807) is 24.6 Å². The van der Waals surface area contributed by atoms with Crippen LogP contribution in [0.2, 0.25) is 0 Å². The van der Waals surface area contributed by atoms with E-state index in [-0.39, 0.29) is 0 Å². The van der Waals surface area contributed by atoms with E-state index in [0.717, 1.165) is 22.4 Å². The number of hydrogen-bond acceptors (Lipinski definition) is 5. The zero-order valence-electron chi connectivity index (χ0n) is 14.2. The lowest BCUT2D eigenvalue weighted by Gasteiger charge is -2.05. The van der Waals surface area contributed by atoms with Gasteiger partial charge in [-0.1, -0.05) is 36.0 Å². The minimum Gasteiger partial charge on any atom is -0.334 e. The molecule has 0 aliphatic carbocycles. The van der Waals surface area contributed by atoms with Crippen molar-refractivity contribution in [1.82, 2.24) is 15.1 Å². The molecule has 1 aromatic carbocycles. The van der Waals surface area contributed by atoms with Crippen molar-refractivity contribution in [1.29, 1.82) is 0 Å². The van der Waals surface area contributed by atoms with Crippen molar-refractivity contribution < 1.29 is 4.52 Å². The van der Waals surface area contributed by atoms with Crippen LogP contribution in [-0.4, -0.2) is 21.3 Å². The molecule has 0 N–H and O–H groups in total. The molecule has 124 valence electrons. The molecule has 0 atom stereocenters. The van der Waals surface area contributed by atoms with Crippen LogP contribution in [0.5, 0.6) is 0 Å². The molecule has 3 aromatic rings. The van der Waals surface area contributed by atoms with Crippen LogP contribution in [0.15, 0.2) is 70.8 Å². The minimum atomic E-state index is 0.427. The zero-order valence-corrected chi connectivity index (χ0v) is 14.2. The molecule has 3 rings (SSSR count). The second-order valence-electron chi connectivity index (χ2n) is 5.34. The Kier molecular flexibility index (Phi) is 4.95. The highest BCUT2D eigenvalue weighted by Crippen LogP contribution is 2.28. The lowest BCUT2D eigenvalue weighted by molar-refractivity contribution is 0.428. The third-order valence-corrected chi connectivity index (χ3v) is 3.63. The molecule has 5 heteroatoms. The SMILES string of the molecule is C=C/C=C(\N=CC)c1noc(-c2cc(-c3ccccn3)ccc2C)n1. The summed E-state index contributed by atoms with van der Waals surface area (Å²) in [5, 5.41) is 4.04. The van der Waals surface area contributed by atoms with E-state index in [0.29, 0.717) is 17.4 Å². The fraction of sp³-hybridized carbons (Fsp3) is 0.100. The van der Waals surface area contributed by atoms with Crippen molar-refractivity contribution in [3.8, 4) is 22.7 Å². The van der Waals surface area contributed by atoms with Crippen LogP contribution in [-0.2, 0) is 0 Å². The number of nitrogens with zero attached hydrogens (tertiary/aromatic N) is 4. The Bertz CT molecular complexity index is 939. The number of pyridine rings is 1. The van der Waals surface area contributed by atoms with Crippen molar-refractivity contribution in [2.45, 2.75) is 13.8 Å². The van der Waals surface area contributed by atoms with Crippen LogP contribution in [0, 0.1) is 6.92 Å². The van der Waals surface area contributed by atoms with Gasteiger partial charge in [-0.2, -0.15) is 4.98 Å². The Hall–Kier alpha value is -3.34. The highest BCUT2D eigenvalue weighted by molar-refractivity contribution is 5.73. The number of hydrogen-bond donors (Lipinski definition) is 0. The summed E-state index contributed by atoms with van der Waals surface area (Å²) in [6, 6.07) is 11.9. The van der Waals surface area contributed by atoms with Gasteiger partial charge in [0.05, 0.1) is 5.69 Å². The Morgan fingerprint density at radius 2 is 2.12 bits per heavy atom. The van der Waals surface area contributed by atoms with E-state index < -0.39 is 0 Å². The van der Waals surface area contributed by atoms with Crippen molar-refractivity contribution in [3.05, 3.63) is 72.7 Å². The first-order valence-electron chi connectivity index (χ1n) is 7.91. The number of aromatic nitrogens is 3. The quantitative estimate of drug-likeness (QED) is 0.501. The molecular formula is C20H18N4O. The molecule has 0 bridgehead atoms. The summed E-state index contributed by atoms with van der Waals surface area (Å²) >= 11 is 0. The molecule has 2 aromatic heterocycles. The number of aliphatic imine (C=N–C) groups is 1. The normalized spacial score (nSPS) is 11.8. The van der Waals surface area contributed by atoms with Crippen LogP contribution in [0.25, 0.3) is 28.4 Å². The first kappa shape index (κ1) is 16.5. The lowest BCUT2D eigenvalue weighted by atomic mass is 10.0. The average molecular weight is 330 g/mol. The second kappa shape index (κ2) is 7.49. The van der Waals surface area contributed by atoms with E-state index >= 15 is 0 Å². The van der Waals surface area contributed by atoms with Crippen molar-refractivity contribution in [2.75, 3.05) is 0 Å². The van der Waals surface area contributed by atoms with Gasteiger partial charge in [-0.05, 0) is 43.7 Å². The summed E-state index contributed by atoms with van der Waals surface area (Å²) in [5.74, 6) is 0.877. The molecule has 0 aliphatic rings. The fourth-order valence-corrected chi connectivity index (χ4v) is 2.41. The molecule has 0 unspecified atom stereocenters. The van der Waals surface area contributed by atoms with Crippen LogP contribution < -0.4 is 0 Å². The van der Waals surface area contributed by atoms with Crippen LogP contribution in [0.3, 0.4) is 0 Å². The third-order valence-electron chi connectivity index (χ3n) is 3.63. The number of allylic oxidation sites excluding steroid dienone is 2. The zero-order chi connectivity index (χ0) is 17.6.